The first-order valence-electron chi connectivity index (χ1n) is 8.41. The number of ether oxygens (including phenoxy) is 3. The van der Waals surface area contributed by atoms with Crippen molar-refractivity contribution in [3.8, 4) is 0 Å². The molecule has 0 aromatic heterocycles. The smallest absolute Gasteiger partial charge is 0.427 e. The van der Waals surface area contributed by atoms with Crippen molar-refractivity contribution in [2.45, 2.75) is 13.1 Å². The summed E-state index contributed by atoms with van der Waals surface area (Å²) < 4.78 is 70.0. The number of anilines is 1. The highest BCUT2D eigenvalue weighted by atomic mass is 19.4. The van der Waals surface area contributed by atoms with Crippen molar-refractivity contribution in [2.75, 3.05) is 44.9 Å². The lowest BCUT2D eigenvalue weighted by Gasteiger charge is -2.31. The highest BCUT2D eigenvalue weighted by molar-refractivity contribution is 6.03. The van der Waals surface area contributed by atoms with Crippen LogP contribution in [0, 0.1) is 5.82 Å². The first-order chi connectivity index (χ1) is 13.6. The van der Waals surface area contributed by atoms with Crippen LogP contribution in [0.2, 0.25) is 0 Å². The number of alkyl halides is 3. The van der Waals surface area contributed by atoms with Gasteiger partial charge in [-0.1, -0.05) is 0 Å². The van der Waals surface area contributed by atoms with Gasteiger partial charge in [0.05, 0.1) is 31.6 Å². The summed E-state index contributed by atoms with van der Waals surface area (Å²) in [5.74, 6) is -1.87. The van der Waals surface area contributed by atoms with Crippen LogP contribution in [0.4, 0.5) is 28.0 Å². The molecule has 1 aromatic carbocycles. The number of hydrazone groups is 1. The molecule has 0 bridgehead atoms. The normalized spacial score (nSPS) is 15.1. The predicted octanol–water partition coefficient (Wildman–Crippen LogP) is 2.30. The largest absolute Gasteiger partial charge is 0.459 e. The molecule has 160 valence electrons. The molecule has 1 aliphatic heterocycles. The summed E-state index contributed by atoms with van der Waals surface area (Å²) in [6.45, 7) is 1.01. The standard InChI is InChI=1S/C17H19F4N3O5/c1-10(25)29-9-14(22-23-16(26)27-2)11-7-12(17(19,20)21)15(13(18)8-11)24-3-5-28-6-4-24/h7-8H,3-6,9H2,1-2H3,(H,23,26)/b22-14-. The molecule has 0 aliphatic carbocycles. The van der Waals surface area contributed by atoms with Crippen LogP contribution in [0.1, 0.15) is 18.1 Å². The molecular formula is C17H19F4N3O5. The van der Waals surface area contributed by atoms with Crippen molar-refractivity contribution >= 4 is 23.5 Å². The van der Waals surface area contributed by atoms with Crippen LogP contribution >= 0.6 is 0 Å². The van der Waals surface area contributed by atoms with E-state index in [2.05, 4.69) is 9.84 Å². The second kappa shape index (κ2) is 9.54. The summed E-state index contributed by atoms with van der Waals surface area (Å²) in [4.78, 5) is 23.5. The molecule has 2 rings (SSSR count). The molecule has 1 aromatic rings. The Labute approximate surface area is 163 Å². The maximum Gasteiger partial charge on any atom is 0.427 e. The van der Waals surface area contributed by atoms with Gasteiger partial charge in [-0.05, 0) is 12.1 Å². The van der Waals surface area contributed by atoms with E-state index in [9.17, 15) is 27.2 Å². The number of nitrogens with zero attached hydrogens (tertiary/aromatic N) is 2. The van der Waals surface area contributed by atoms with Crippen molar-refractivity contribution in [3.05, 3.63) is 29.1 Å². The fourth-order valence-corrected chi connectivity index (χ4v) is 2.60. The zero-order valence-electron chi connectivity index (χ0n) is 15.6. The molecule has 0 saturated carbocycles. The zero-order valence-corrected chi connectivity index (χ0v) is 15.6. The Morgan fingerprint density at radius 2 is 1.93 bits per heavy atom. The van der Waals surface area contributed by atoms with E-state index in [1.54, 1.807) is 0 Å². The number of benzene rings is 1. The van der Waals surface area contributed by atoms with Crippen LogP contribution in [-0.2, 0) is 25.2 Å². The molecule has 29 heavy (non-hydrogen) atoms. The van der Waals surface area contributed by atoms with E-state index in [0.717, 1.165) is 20.1 Å². The Morgan fingerprint density at radius 1 is 1.28 bits per heavy atom. The van der Waals surface area contributed by atoms with Gasteiger partial charge in [0.2, 0.25) is 0 Å². The Kier molecular flexibility index (Phi) is 7.37. The highest BCUT2D eigenvalue weighted by Crippen LogP contribution is 2.39. The second-order valence-corrected chi connectivity index (χ2v) is 5.89. The maximum absolute atomic E-state index is 14.8. The first kappa shape index (κ1) is 22.4. The van der Waals surface area contributed by atoms with Gasteiger partial charge >= 0.3 is 18.2 Å². The minimum absolute atomic E-state index is 0.0949. The molecule has 0 spiro atoms. The average molecular weight is 421 g/mol. The number of hydrogen-bond donors (Lipinski definition) is 1. The minimum atomic E-state index is -4.87. The van der Waals surface area contributed by atoms with Crippen LogP contribution in [0.25, 0.3) is 0 Å². The quantitative estimate of drug-likeness (QED) is 0.340. The van der Waals surface area contributed by atoms with E-state index in [1.165, 1.54) is 4.90 Å². The van der Waals surface area contributed by atoms with Gasteiger partial charge in [0.25, 0.3) is 0 Å². The molecule has 0 radical (unpaired) electrons. The Balaban J connectivity index is 2.52. The lowest BCUT2D eigenvalue weighted by atomic mass is 10.0. The van der Waals surface area contributed by atoms with Gasteiger partial charge < -0.3 is 19.1 Å². The van der Waals surface area contributed by atoms with E-state index < -0.39 is 41.9 Å². The SMILES string of the molecule is COC(=O)N/N=C(/COC(C)=O)c1cc(F)c(N2CCOCC2)c(C(F)(F)F)c1. The second-order valence-electron chi connectivity index (χ2n) is 5.89. The number of nitrogens with one attached hydrogen (secondary N) is 1. The van der Waals surface area contributed by atoms with Crippen molar-refractivity contribution < 1.29 is 41.4 Å². The number of carbonyl (C=O) groups is 2. The van der Waals surface area contributed by atoms with Gasteiger partial charge in [0.1, 0.15) is 18.1 Å². The molecule has 1 N–H and O–H groups in total. The lowest BCUT2D eigenvalue weighted by molar-refractivity contribution is -0.139. The van der Waals surface area contributed by atoms with Gasteiger partial charge in [-0.15, -0.1) is 0 Å². The third kappa shape index (κ3) is 6.04. The number of rotatable bonds is 5. The van der Waals surface area contributed by atoms with Crippen molar-refractivity contribution in [1.82, 2.24) is 5.43 Å². The summed E-state index contributed by atoms with van der Waals surface area (Å²) in [6, 6.07) is 1.52. The minimum Gasteiger partial charge on any atom is -0.459 e. The van der Waals surface area contributed by atoms with Gasteiger partial charge in [-0.2, -0.15) is 18.3 Å². The number of methoxy groups -OCH3 is 1. The molecule has 12 heteroatoms. The van der Waals surface area contributed by atoms with Crippen molar-refractivity contribution in [1.29, 1.82) is 0 Å². The molecule has 1 aliphatic rings. The van der Waals surface area contributed by atoms with Gasteiger partial charge in [-0.25, -0.2) is 14.6 Å². The fourth-order valence-electron chi connectivity index (χ4n) is 2.60. The third-order valence-electron chi connectivity index (χ3n) is 3.91. The number of carbonyl (C=O) groups excluding carboxylic acids is 2. The van der Waals surface area contributed by atoms with Crippen LogP contribution in [-0.4, -0.2) is 57.8 Å². The van der Waals surface area contributed by atoms with Gasteiger partial charge in [0, 0.05) is 25.6 Å². The fraction of sp³-hybridized carbons (Fsp3) is 0.471. The third-order valence-corrected chi connectivity index (χ3v) is 3.91. The average Bonchev–Trinajstić information content (AvgIpc) is 2.66. The van der Waals surface area contributed by atoms with Crippen LogP contribution < -0.4 is 10.3 Å². The zero-order chi connectivity index (χ0) is 21.6. The topological polar surface area (TPSA) is 89.5 Å². The summed E-state index contributed by atoms with van der Waals surface area (Å²) in [7, 11) is 1.05. The van der Waals surface area contributed by atoms with Crippen LogP contribution in [0.5, 0.6) is 0 Å². The first-order valence-corrected chi connectivity index (χ1v) is 8.41. The molecule has 1 amide bonds. The van der Waals surface area contributed by atoms with Gasteiger partial charge in [-0.3, -0.25) is 4.79 Å². The molecular weight excluding hydrogens is 402 g/mol. The van der Waals surface area contributed by atoms with E-state index in [4.69, 9.17) is 9.47 Å². The molecule has 0 unspecified atom stereocenters. The molecule has 0 atom stereocenters. The monoisotopic (exact) mass is 421 g/mol. The summed E-state index contributed by atoms with van der Waals surface area (Å²) >= 11 is 0. The maximum atomic E-state index is 14.8. The Morgan fingerprint density at radius 3 is 2.48 bits per heavy atom. The van der Waals surface area contributed by atoms with E-state index >= 15 is 0 Å². The highest BCUT2D eigenvalue weighted by Gasteiger charge is 2.38. The van der Waals surface area contributed by atoms with E-state index in [-0.39, 0.29) is 37.6 Å². The molecule has 8 nitrogen and oxygen atoms in total. The number of hydrogen-bond acceptors (Lipinski definition) is 7. The Bertz CT molecular complexity index is 792. The summed E-state index contributed by atoms with van der Waals surface area (Å²) in [5.41, 5.74) is -0.522. The number of esters is 1. The van der Waals surface area contributed by atoms with Gasteiger partial charge in [0.15, 0.2) is 0 Å². The summed E-state index contributed by atoms with van der Waals surface area (Å²) in [5, 5.41) is 3.59. The number of morpholine rings is 1. The van der Waals surface area contributed by atoms with Crippen molar-refractivity contribution in [3.63, 3.8) is 0 Å². The van der Waals surface area contributed by atoms with E-state index in [0.29, 0.717) is 6.07 Å². The molecule has 1 saturated heterocycles. The van der Waals surface area contributed by atoms with E-state index in [1.807, 2.05) is 5.43 Å². The van der Waals surface area contributed by atoms with Crippen LogP contribution in [0.15, 0.2) is 17.2 Å². The number of amides is 1. The molecule has 1 fully saturated rings. The lowest BCUT2D eigenvalue weighted by Crippen LogP contribution is -2.38. The predicted molar refractivity (Wildman–Crippen MR) is 93.1 cm³/mol. The molecule has 1 heterocycles. The number of halogens is 4. The summed E-state index contributed by atoms with van der Waals surface area (Å²) in [6.07, 6.45) is -5.88. The van der Waals surface area contributed by atoms with Crippen molar-refractivity contribution in [2.24, 2.45) is 5.10 Å². The Hall–Kier alpha value is -2.89. The van der Waals surface area contributed by atoms with Crippen LogP contribution in [0.3, 0.4) is 0 Å².